The van der Waals surface area contributed by atoms with Crippen LogP contribution in [0.5, 0.6) is 0 Å². The van der Waals surface area contributed by atoms with Gasteiger partial charge in [0, 0.05) is 31.1 Å². The number of thioether (sulfide) groups is 1. The van der Waals surface area contributed by atoms with Gasteiger partial charge in [-0.1, -0.05) is 11.8 Å². The van der Waals surface area contributed by atoms with Gasteiger partial charge in [-0.25, -0.2) is 4.98 Å². The van der Waals surface area contributed by atoms with E-state index in [4.69, 9.17) is 0 Å². The first kappa shape index (κ1) is 12.7. The van der Waals surface area contributed by atoms with Crippen LogP contribution < -0.4 is 5.32 Å². The molecular weight excluding hydrogens is 260 g/mol. The number of piperidine rings is 3. The van der Waals surface area contributed by atoms with Gasteiger partial charge in [0.05, 0.1) is 0 Å². The molecule has 1 aromatic rings. The number of rotatable bonds is 4. The van der Waals surface area contributed by atoms with E-state index in [0.717, 1.165) is 11.7 Å². The highest BCUT2D eigenvalue weighted by Crippen LogP contribution is 2.27. The van der Waals surface area contributed by atoms with Crippen LogP contribution >= 0.6 is 11.8 Å². The van der Waals surface area contributed by atoms with Crippen molar-refractivity contribution >= 4 is 17.7 Å². The molecule has 1 unspecified atom stereocenters. The van der Waals surface area contributed by atoms with Crippen LogP contribution in [0, 0.1) is 5.92 Å². The van der Waals surface area contributed by atoms with Crippen molar-refractivity contribution in [2.24, 2.45) is 5.92 Å². The molecule has 3 aliphatic rings. The fourth-order valence-corrected chi connectivity index (χ4v) is 3.41. The average molecular weight is 278 g/mol. The van der Waals surface area contributed by atoms with E-state index in [0.29, 0.717) is 12.0 Å². The summed E-state index contributed by atoms with van der Waals surface area (Å²) in [6, 6.07) is 0.327. The highest BCUT2D eigenvalue weighted by atomic mass is 32.2. The highest BCUT2D eigenvalue weighted by Gasteiger charge is 2.34. The molecule has 2 N–H and O–H groups in total. The number of carbonyl (C=O) groups is 1. The number of aromatic amines is 1. The van der Waals surface area contributed by atoms with Gasteiger partial charge < -0.3 is 15.2 Å². The van der Waals surface area contributed by atoms with Crippen molar-refractivity contribution in [1.82, 2.24) is 20.2 Å². The summed E-state index contributed by atoms with van der Waals surface area (Å²) in [6.45, 7) is 3.40. The second-order valence-electron chi connectivity index (χ2n) is 5.07. The van der Waals surface area contributed by atoms with E-state index in [1.165, 1.54) is 37.7 Å². The molecule has 0 radical (unpaired) electrons. The second kappa shape index (κ2) is 5.79. The Labute approximate surface area is 116 Å². The minimum atomic E-state index is -0.00203. The predicted molar refractivity (Wildman–Crippen MR) is 74.7 cm³/mol. The summed E-state index contributed by atoms with van der Waals surface area (Å²) in [5, 5.41) is 5.69. The van der Waals surface area contributed by atoms with Gasteiger partial charge >= 0.3 is 0 Å². The minimum Gasteiger partial charge on any atom is -0.348 e. The fraction of sp³-hybridized carbons (Fsp3) is 0.538. The smallest absolute Gasteiger partial charge is 0.244 e. The first-order valence-corrected chi connectivity index (χ1v) is 7.54. The molecule has 3 saturated heterocycles. The van der Waals surface area contributed by atoms with Crippen LogP contribution in [-0.4, -0.2) is 46.5 Å². The molecular formula is C13H18N4OS. The van der Waals surface area contributed by atoms with E-state index in [2.05, 4.69) is 20.2 Å². The average Bonchev–Trinajstić information content (AvgIpc) is 2.93. The van der Waals surface area contributed by atoms with Gasteiger partial charge in [-0.05, 0) is 37.3 Å². The number of nitrogens with zero attached hydrogens (tertiary/aromatic N) is 2. The van der Waals surface area contributed by atoms with Crippen molar-refractivity contribution in [3.8, 4) is 0 Å². The molecule has 1 atom stereocenters. The lowest BCUT2D eigenvalue weighted by molar-refractivity contribution is -0.118. The molecule has 4 heterocycles. The second-order valence-corrected chi connectivity index (χ2v) is 5.96. The minimum absolute atomic E-state index is 0.00203. The van der Waals surface area contributed by atoms with Crippen molar-refractivity contribution in [3.05, 3.63) is 23.9 Å². The van der Waals surface area contributed by atoms with Gasteiger partial charge in [-0.15, -0.1) is 0 Å². The van der Waals surface area contributed by atoms with Crippen LogP contribution in [0.15, 0.2) is 29.0 Å². The quantitative estimate of drug-likeness (QED) is 0.642. The Morgan fingerprint density at radius 3 is 3.00 bits per heavy atom. The number of amides is 1. The number of nitrogens with one attached hydrogen (secondary N) is 2. The van der Waals surface area contributed by atoms with Crippen molar-refractivity contribution < 1.29 is 4.79 Å². The molecule has 0 saturated carbocycles. The van der Waals surface area contributed by atoms with Crippen LogP contribution in [-0.2, 0) is 4.79 Å². The Kier molecular flexibility index (Phi) is 3.89. The molecule has 0 aliphatic carbocycles. The number of fused-ring (bicyclic) bond motifs is 3. The SMILES string of the molecule is O=C(C=CSc1ncc[nH]1)NC1CN2CCC1CC2. The fourth-order valence-electron chi connectivity index (χ4n) is 2.83. The third-order valence-electron chi connectivity index (χ3n) is 3.86. The Bertz CT molecular complexity index is 451. The molecule has 5 nitrogen and oxygen atoms in total. The number of H-pyrrole nitrogens is 1. The summed E-state index contributed by atoms with van der Waals surface area (Å²) in [7, 11) is 0. The predicted octanol–water partition coefficient (Wildman–Crippen LogP) is 1.23. The van der Waals surface area contributed by atoms with Gasteiger partial charge in [0.15, 0.2) is 5.16 Å². The molecule has 3 fully saturated rings. The summed E-state index contributed by atoms with van der Waals surface area (Å²) in [4.78, 5) is 21.3. The Morgan fingerprint density at radius 1 is 1.53 bits per heavy atom. The molecule has 3 aliphatic heterocycles. The molecule has 1 amide bonds. The van der Waals surface area contributed by atoms with Crippen molar-refractivity contribution in [3.63, 3.8) is 0 Å². The largest absolute Gasteiger partial charge is 0.348 e. The number of imidazole rings is 1. The van der Waals surface area contributed by atoms with Crippen LogP contribution in [0.4, 0.5) is 0 Å². The number of carbonyl (C=O) groups excluding carboxylic acids is 1. The number of hydrogen-bond acceptors (Lipinski definition) is 4. The lowest BCUT2D eigenvalue weighted by Crippen LogP contribution is -2.57. The molecule has 0 aromatic carbocycles. The third-order valence-corrected chi connectivity index (χ3v) is 4.57. The summed E-state index contributed by atoms with van der Waals surface area (Å²) in [6.07, 6.45) is 7.49. The standard InChI is InChI=1S/C13H18N4OS/c18-12(3-8-19-13-14-4-5-15-13)16-11-9-17-6-1-10(11)2-7-17/h3-5,8,10-11H,1-2,6-7,9H2,(H,14,15)(H,16,18). The maximum Gasteiger partial charge on any atom is 0.244 e. The van der Waals surface area contributed by atoms with Crippen LogP contribution in [0.3, 0.4) is 0 Å². The van der Waals surface area contributed by atoms with Crippen molar-refractivity contribution in [2.75, 3.05) is 19.6 Å². The first-order chi connectivity index (χ1) is 9.31. The summed E-state index contributed by atoms with van der Waals surface area (Å²) in [5.74, 6) is 0.665. The molecule has 1 aromatic heterocycles. The Balaban J connectivity index is 1.47. The molecule has 19 heavy (non-hydrogen) atoms. The zero-order valence-corrected chi connectivity index (χ0v) is 11.5. The molecule has 0 spiro atoms. The Morgan fingerprint density at radius 2 is 2.37 bits per heavy atom. The zero-order chi connectivity index (χ0) is 13.1. The van der Waals surface area contributed by atoms with Crippen LogP contribution in [0.25, 0.3) is 0 Å². The van der Waals surface area contributed by atoms with Gasteiger partial charge in [0.25, 0.3) is 0 Å². The topological polar surface area (TPSA) is 61.0 Å². The molecule has 6 heteroatoms. The Hall–Kier alpha value is -1.27. The van der Waals surface area contributed by atoms with E-state index in [1.54, 1.807) is 23.9 Å². The van der Waals surface area contributed by atoms with Gasteiger partial charge in [0.2, 0.25) is 5.91 Å². The molecule has 102 valence electrons. The highest BCUT2D eigenvalue weighted by molar-refractivity contribution is 8.02. The number of aromatic nitrogens is 2. The molecule has 2 bridgehead atoms. The van der Waals surface area contributed by atoms with Crippen molar-refractivity contribution in [2.45, 2.75) is 24.0 Å². The maximum absolute atomic E-state index is 11.9. The number of hydrogen-bond donors (Lipinski definition) is 2. The van der Waals surface area contributed by atoms with E-state index in [-0.39, 0.29) is 5.91 Å². The van der Waals surface area contributed by atoms with Gasteiger partial charge in [0.1, 0.15) is 0 Å². The van der Waals surface area contributed by atoms with Crippen molar-refractivity contribution in [1.29, 1.82) is 0 Å². The molecule has 4 rings (SSSR count). The van der Waals surface area contributed by atoms with E-state index in [1.807, 2.05) is 0 Å². The zero-order valence-electron chi connectivity index (χ0n) is 10.7. The van der Waals surface area contributed by atoms with Gasteiger partial charge in [-0.2, -0.15) is 0 Å². The normalized spacial score (nSPS) is 29.8. The lowest BCUT2D eigenvalue weighted by Gasteiger charge is -2.44. The van der Waals surface area contributed by atoms with Crippen LogP contribution in [0.2, 0.25) is 0 Å². The van der Waals surface area contributed by atoms with E-state index in [9.17, 15) is 4.79 Å². The maximum atomic E-state index is 11.9. The summed E-state index contributed by atoms with van der Waals surface area (Å²) >= 11 is 1.41. The van der Waals surface area contributed by atoms with E-state index >= 15 is 0 Å². The first-order valence-electron chi connectivity index (χ1n) is 6.67. The summed E-state index contributed by atoms with van der Waals surface area (Å²) in [5.41, 5.74) is 0. The van der Waals surface area contributed by atoms with Crippen LogP contribution in [0.1, 0.15) is 12.8 Å². The van der Waals surface area contributed by atoms with E-state index < -0.39 is 0 Å². The monoisotopic (exact) mass is 278 g/mol. The lowest BCUT2D eigenvalue weighted by atomic mass is 9.84. The summed E-state index contributed by atoms with van der Waals surface area (Å²) < 4.78 is 0. The van der Waals surface area contributed by atoms with Gasteiger partial charge in [-0.3, -0.25) is 4.79 Å². The third kappa shape index (κ3) is 3.19.